The summed E-state index contributed by atoms with van der Waals surface area (Å²) in [6, 6.07) is 14.1. The fourth-order valence-corrected chi connectivity index (χ4v) is 3.13. The summed E-state index contributed by atoms with van der Waals surface area (Å²) in [4.78, 5) is 20.4. The van der Waals surface area contributed by atoms with E-state index in [1.165, 1.54) is 30.6 Å². The quantitative estimate of drug-likeness (QED) is 0.563. The Morgan fingerprint density at radius 2 is 1.69 bits per heavy atom. The van der Waals surface area contributed by atoms with Crippen molar-refractivity contribution in [3.8, 4) is 11.6 Å². The van der Waals surface area contributed by atoms with Gasteiger partial charge in [-0.05, 0) is 23.8 Å². The third kappa shape index (κ3) is 5.95. The lowest BCUT2D eigenvalue weighted by atomic mass is 10.1. The minimum absolute atomic E-state index is 0.00551. The van der Waals surface area contributed by atoms with Crippen LogP contribution in [0.5, 0.6) is 11.6 Å². The second-order valence-corrected chi connectivity index (χ2v) is 6.77. The minimum atomic E-state index is -4.47. The van der Waals surface area contributed by atoms with Gasteiger partial charge in [-0.1, -0.05) is 48.2 Å². The first-order chi connectivity index (χ1) is 13.9. The van der Waals surface area contributed by atoms with Crippen molar-refractivity contribution in [2.45, 2.75) is 17.7 Å². The van der Waals surface area contributed by atoms with Gasteiger partial charge in [0.05, 0.1) is 11.3 Å². The molecule has 0 saturated heterocycles. The van der Waals surface area contributed by atoms with Gasteiger partial charge in [-0.3, -0.25) is 4.79 Å². The van der Waals surface area contributed by atoms with Crippen LogP contribution in [0.25, 0.3) is 0 Å². The van der Waals surface area contributed by atoms with Crippen molar-refractivity contribution in [2.75, 3.05) is 5.75 Å². The van der Waals surface area contributed by atoms with Crippen molar-refractivity contribution < 1.29 is 22.7 Å². The van der Waals surface area contributed by atoms with Gasteiger partial charge < -0.3 is 10.1 Å². The number of alkyl halides is 3. The molecule has 150 valence electrons. The maximum atomic E-state index is 13.0. The summed E-state index contributed by atoms with van der Waals surface area (Å²) >= 11 is 1.09. The third-order valence-electron chi connectivity index (χ3n) is 3.73. The number of rotatable bonds is 7. The van der Waals surface area contributed by atoms with Crippen LogP contribution in [0.15, 0.2) is 72.0 Å². The van der Waals surface area contributed by atoms with Crippen LogP contribution < -0.4 is 10.1 Å². The Bertz CT molecular complexity index is 968. The number of hydrogen-bond donors (Lipinski definition) is 1. The van der Waals surface area contributed by atoms with Crippen molar-refractivity contribution in [2.24, 2.45) is 0 Å². The number of aromatic nitrogens is 2. The summed E-state index contributed by atoms with van der Waals surface area (Å²) in [6.07, 6.45) is -1.53. The van der Waals surface area contributed by atoms with Crippen molar-refractivity contribution in [1.29, 1.82) is 0 Å². The van der Waals surface area contributed by atoms with Crippen LogP contribution in [0.1, 0.15) is 11.1 Å². The Hall–Kier alpha value is -3.07. The summed E-state index contributed by atoms with van der Waals surface area (Å²) in [5.41, 5.74) is -0.758. The molecule has 0 bridgehead atoms. The molecular formula is C20H16F3N3O2S. The van der Waals surface area contributed by atoms with E-state index in [4.69, 9.17) is 4.74 Å². The lowest BCUT2D eigenvalue weighted by Gasteiger charge is -2.13. The van der Waals surface area contributed by atoms with Crippen molar-refractivity contribution in [1.82, 2.24) is 15.3 Å². The summed E-state index contributed by atoms with van der Waals surface area (Å²) in [7, 11) is 0. The van der Waals surface area contributed by atoms with Crippen molar-refractivity contribution in [3.63, 3.8) is 0 Å². The molecule has 1 heterocycles. The topological polar surface area (TPSA) is 64.1 Å². The summed E-state index contributed by atoms with van der Waals surface area (Å²) < 4.78 is 44.7. The van der Waals surface area contributed by atoms with Gasteiger partial charge in [0.2, 0.25) is 5.91 Å². The SMILES string of the molecule is O=C(CSc1nccnc1Oc1ccccc1)NCc1ccccc1C(F)(F)F. The van der Waals surface area contributed by atoms with Gasteiger partial charge >= 0.3 is 6.18 Å². The molecule has 1 amide bonds. The van der Waals surface area contributed by atoms with Gasteiger partial charge in [0, 0.05) is 18.9 Å². The van der Waals surface area contributed by atoms with E-state index in [-0.39, 0.29) is 23.7 Å². The van der Waals surface area contributed by atoms with Gasteiger partial charge in [0.15, 0.2) is 5.03 Å². The monoisotopic (exact) mass is 419 g/mol. The van der Waals surface area contributed by atoms with E-state index >= 15 is 0 Å². The molecule has 0 aliphatic carbocycles. The smallest absolute Gasteiger partial charge is 0.416 e. The minimum Gasteiger partial charge on any atom is -0.437 e. The number of halogens is 3. The standard InChI is InChI=1S/C20H16F3N3O2S/c21-20(22,23)16-9-5-4-6-14(16)12-26-17(27)13-29-19-18(24-10-11-25-19)28-15-7-2-1-3-8-15/h1-11H,12-13H2,(H,26,27). The molecule has 0 aliphatic heterocycles. The number of carbonyl (C=O) groups excluding carboxylic acids is 1. The van der Waals surface area contributed by atoms with Crippen molar-refractivity contribution in [3.05, 3.63) is 78.1 Å². The van der Waals surface area contributed by atoms with Crippen LogP contribution in [0.3, 0.4) is 0 Å². The second-order valence-electron chi connectivity index (χ2n) is 5.80. The van der Waals surface area contributed by atoms with E-state index in [9.17, 15) is 18.0 Å². The number of nitrogens with one attached hydrogen (secondary N) is 1. The van der Waals surface area contributed by atoms with Crippen LogP contribution in [0, 0.1) is 0 Å². The van der Waals surface area contributed by atoms with Crippen LogP contribution in [0.2, 0.25) is 0 Å². The van der Waals surface area contributed by atoms with Gasteiger partial charge in [0.25, 0.3) is 5.88 Å². The van der Waals surface area contributed by atoms with E-state index in [2.05, 4.69) is 15.3 Å². The normalized spacial score (nSPS) is 11.1. The highest BCUT2D eigenvalue weighted by Crippen LogP contribution is 2.32. The van der Waals surface area contributed by atoms with Crippen LogP contribution in [0.4, 0.5) is 13.2 Å². The number of amides is 1. The second kappa shape index (κ2) is 9.42. The number of carbonyl (C=O) groups is 1. The predicted octanol–water partition coefficient (Wildman–Crippen LogP) is 4.70. The molecular weight excluding hydrogens is 403 g/mol. The first-order valence-electron chi connectivity index (χ1n) is 8.52. The van der Waals surface area contributed by atoms with Gasteiger partial charge in [-0.25, -0.2) is 9.97 Å². The highest BCUT2D eigenvalue weighted by molar-refractivity contribution is 8.00. The van der Waals surface area contributed by atoms with E-state index < -0.39 is 17.6 Å². The Morgan fingerprint density at radius 3 is 2.45 bits per heavy atom. The molecule has 3 aromatic rings. The molecule has 0 aliphatic rings. The first kappa shape index (κ1) is 20.7. The Balaban J connectivity index is 1.58. The lowest BCUT2D eigenvalue weighted by Crippen LogP contribution is -2.26. The zero-order valence-electron chi connectivity index (χ0n) is 15.0. The largest absolute Gasteiger partial charge is 0.437 e. The zero-order chi connectivity index (χ0) is 20.7. The molecule has 9 heteroatoms. The number of ether oxygens (including phenoxy) is 1. The molecule has 1 aromatic heterocycles. The molecule has 29 heavy (non-hydrogen) atoms. The molecule has 2 aromatic carbocycles. The summed E-state index contributed by atoms with van der Waals surface area (Å²) in [5, 5.41) is 2.91. The van der Waals surface area contributed by atoms with Crippen LogP contribution >= 0.6 is 11.8 Å². The van der Waals surface area contributed by atoms with Gasteiger partial charge in [-0.15, -0.1) is 0 Å². The maximum absolute atomic E-state index is 13.0. The molecule has 0 unspecified atom stereocenters. The van der Waals surface area contributed by atoms with E-state index in [0.29, 0.717) is 10.8 Å². The number of thioether (sulfide) groups is 1. The van der Waals surface area contributed by atoms with E-state index in [1.54, 1.807) is 12.1 Å². The molecule has 0 atom stereocenters. The molecule has 0 radical (unpaired) electrons. The molecule has 0 spiro atoms. The molecule has 5 nitrogen and oxygen atoms in total. The molecule has 1 N–H and O–H groups in total. The number of nitrogens with zero attached hydrogens (tertiary/aromatic N) is 2. The summed E-state index contributed by atoms with van der Waals surface area (Å²) in [5.74, 6) is 0.350. The number of benzene rings is 2. The Morgan fingerprint density at radius 1 is 1.00 bits per heavy atom. The van der Waals surface area contributed by atoms with Crippen LogP contribution in [-0.2, 0) is 17.5 Å². The zero-order valence-corrected chi connectivity index (χ0v) is 15.8. The first-order valence-corrected chi connectivity index (χ1v) is 9.50. The van der Waals surface area contributed by atoms with Crippen molar-refractivity contribution >= 4 is 17.7 Å². The van der Waals surface area contributed by atoms with E-state index in [1.807, 2.05) is 18.2 Å². The number of para-hydroxylation sites is 1. The fourth-order valence-electron chi connectivity index (χ4n) is 2.41. The maximum Gasteiger partial charge on any atom is 0.416 e. The average Bonchev–Trinajstić information content (AvgIpc) is 2.72. The molecule has 0 fully saturated rings. The van der Waals surface area contributed by atoms with Gasteiger partial charge in [-0.2, -0.15) is 13.2 Å². The lowest BCUT2D eigenvalue weighted by molar-refractivity contribution is -0.138. The fraction of sp³-hybridized carbons (Fsp3) is 0.150. The highest BCUT2D eigenvalue weighted by atomic mass is 32.2. The number of hydrogen-bond acceptors (Lipinski definition) is 5. The predicted molar refractivity (Wildman–Crippen MR) is 103 cm³/mol. The third-order valence-corrected chi connectivity index (χ3v) is 4.69. The average molecular weight is 419 g/mol. The Kier molecular flexibility index (Phi) is 6.71. The molecule has 0 saturated carbocycles. The van der Waals surface area contributed by atoms with Gasteiger partial charge in [0.1, 0.15) is 5.75 Å². The van der Waals surface area contributed by atoms with E-state index in [0.717, 1.165) is 17.8 Å². The summed E-state index contributed by atoms with van der Waals surface area (Å²) in [6.45, 7) is -0.219. The van der Waals surface area contributed by atoms with Crippen LogP contribution in [-0.4, -0.2) is 21.6 Å². The molecule has 3 rings (SSSR count). The Labute approximate surface area is 169 Å². The highest BCUT2D eigenvalue weighted by Gasteiger charge is 2.32.